The molecule has 0 saturated carbocycles. The van der Waals surface area contributed by atoms with Crippen LogP contribution in [0.2, 0.25) is 5.15 Å². The number of amides is 1. The van der Waals surface area contributed by atoms with Crippen molar-refractivity contribution in [1.82, 2.24) is 15.3 Å². The number of hydrogen-bond acceptors (Lipinski definition) is 5. The second kappa shape index (κ2) is 5.99. The van der Waals surface area contributed by atoms with Crippen LogP contribution in [-0.2, 0) is 6.42 Å². The van der Waals surface area contributed by atoms with Gasteiger partial charge in [-0.3, -0.25) is 4.79 Å². The Morgan fingerprint density at radius 2 is 2.37 bits per heavy atom. The number of nitrogens with two attached hydrogens (primary N) is 1. The Labute approximate surface area is 119 Å². The van der Waals surface area contributed by atoms with Crippen LogP contribution in [0.4, 0.5) is 5.69 Å². The lowest BCUT2D eigenvalue weighted by molar-refractivity contribution is 0.0955. The van der Waals surface area contributed by atoms with Gasteiger partial charge in [0.05, 0.1) is 22.5 Å². The zero-order chi connectivity index (χ0) is 13.8. The summed E-state index contributed by atoms with van der Waals surface area (Å²) in [4.78, 5) is 20.0. The molecule has 1 amide bonds. The van der Waals surface area contributed by atoms with Crippen molar-refractivity contribution in [3.63, 3.8) is 0 Å². The van der Waals surface area contributed by atoms with E-state index >= 15 is 0 Å². The summed E-state index contributed by atoms with van der Waals surface area (Å²) in [7, 11) is 0. The van der Waals surface area contributed by atoms with E-state index in [1.54, 1.807) is 11.3 Å². The molecule has 0 aromatic carbocycles. The van der Waals surface area contributed by atoms with Crippen LogP contribution in [-0.4, -0.2) is 22.4 Å². The summed E-state index contributed by atoms with van der Waals surface area (Å²) in [6, 6.07) is 1.46. The highest BCUT2D eigenvalue weighted by Gasteiger charge is 2.10. The number of nitrogens with zero attached hydrogens (tertiary/aromatic N) is 2. The van der Waals surface area contributed by atoms with Crippen LogP contribution in [0.5, 0.6) is 0 Å². The molecule has 0 aliphatic rings. The molecule has 0 fully saturated rings. The van der Waals surface area contributed by atoms with Gasteiger partial charge in [0.1, 0.15) is 5.15 Å². The summed E-state index contributed by atoms with van der Waals surface area (Å²) >= 11 is 7.32. The van der Waals surface area contributed by atoms with E-state index in [1.165, 1.54) is 12.3 Å². The molecule has 0 radical (unpaired) electrons. The molecule has 0 bridgehead atoms. The zero-order valence-corrected chi connectivity index (χ0v) is 11.9. The lowest BCUT2D eigenvalue weighted by Crippen LogP contribution is -2.26. The number of hydrogen-bond donors (Lipinski definition) is 2. The summed E-state index contributed by atoms with van der Waals surface area (Å²) in [5, 5.41) is 6.01. The van der Waals surface area contributed by atoms with Gasteiger partial charge in [0.15, 0.2) is 0 Å². The smallest absolute Gasteiger partial charge is 0.253 e. The highest BCUT2D eigenvalue weighted by Crippen LogP contribution is 2.14. The molecule has 2 rings (SSSR count). The van der Waals surface area contributed by atoms with Crippen molar-refractivity contribution in [2.45, 2.75) is 13.3 Å². The zero-order valence-electron chi connectivity index (χ0n) is 10.3. The number of aryl methyl sites for hydroxylation is 1. The number of thiazole rings is 1. The SMILES string of the molecule is Cc1csc(CCNC(=O)c2cc(Cl)ncc2N)n1. The number of halogens is 1. The average Bonchev–Trinajstić information content (AvgIpc) is 2.78. The number of carbonyl (C=O) groups is 1. The van der Waals surface area contributed by atoms with Gasteiger partial charge in [-0.1, -0.05) is 11.6 Å². The van der Waals surface area contributed by atoms with Gasteiger partial charge in [0.2, 0.25) is 0 Å². The van der Waals surface area contributed by atoms with Crippen molar-refractivity contribution in [2.24, 2.45) is 0 Å². The van der Waals surface area contributed by atoms with Crippen molar-refractivity contribution < 1.29 is 4.79 Å². The maximum atomic E-state index is 11.9. The van der Waals surface area contributed by atoms with Crippen LogP contribution in [0.3, 0.4) is 0 Å². The van der Waals surface area contributed by atoms with E-state index < -0.39 is 0 Å². The third-order valence-corrected chi connectivity index (χ3v) is 3.67. The third-order valence-electron chi connectivity index (χ3n) is 2.44. The largest absolute Gasteiger partial charge is 0.397 e. The number of aromatic nitrogens is 2. The van der Waals surface area contributed by atoms with Crippen molar-refractivity contribution >= 4 is 34.5 Å². The van der Waals surface area contributed by atoms with E-state index in [1.807, 2.05) is 12.3 Å². The molecule has 100 valence electrons. The molecular formula is C12H13ClN4OS. The molecule has 0 atom stereocenters. The van der Waals surface area contributed by atoms with Gasteiger partial charge in [-0.25, -0.2) is 9.97 Å². The van der Waals surface area contributed by atoms with Gasteiger partial charge in [0, 0.05) is 24.0 Å². The molecule has 3 N–H and O–H groups in total. The number of anilines is 1. The van der Waals surface area contributed by atoms with Crippen molar-refractivity contribution in [3.05, 3.63) is 39.1 Å². The Hall–Kier alpha value is -1.66. The predicted molar refractivity (Wildman–Crippen MR) is 76.5 cm³/mol. The topological polar surface area (TPSA) is 80.9 Å². The first-order chi connectivity index (χ1) is 9.06. The van der Waals surface area contributed by atoms with Gasteiger partial charge in [-0.2, -0.15) is 0 Å². The Bertz CT molecular complexity index is 599. The molecule has 0 unspecified atom stereocenters. The van der Waals surface area contributed by atoms with Crippen molar-refractivity contribution in [2.75, 3.05) is 12.3 Å². The molecule has 2 aromatic heterocycles. The van der Waals surface area contributed by atoms with Gasteiger partial charge in [-0.05, 0) is 13.0 Å². The number of nitrogen functional groups attached to an aromatic ring is 1. The number of nitrogens with one attached hydrogen (secondary N) is 1. The normalized spacial score (nSPS) is 10.4. The lowest BCUT2D eigenvalue weighted by Gasteiger charge is -2.06. The van der Waals surface area contributed by atoms with Gasteiger partial charge in [0.25, 0.3) is 5.91 Å². The van der Waals surface area contributed by atoms with E-state index in [0.29, 0.717) is 24.2 Å². The fourth-order valence-electron chi connectivity index (χ4n) is 1.53. The molecule has 0 aliphatic heterocycles. The highest BCUT2D eigenvalue weighted by atomic mass is 35.5. The fourth-order valence-corrected chi connectivity index (χ4v) is 2.47. The van der Waals surface area contributed by atoms with Crippen LogP contribution in [0, 0.1) is 6.92 Å². The summed E-state index contributed by atoms with van der Waals surface area (Å²) in [5.74, 6) is -0.255. The summed E-state index contributed by atoms with van der Waals surface area (Å²) < 4.78 is 0. The number of pyridine rings is 1. The molecule has 0 aliphatic carbocycles. The highest BCUT2D eigenvalue weighted by molar-refractivity contribution is 7.09. The van der Waals surface area contributed by atoms with E-state index in [2.05, 4.69) is 15.3 Å². The molecule has 0 spiro atoms. The second-order valence-corrected chi connectivity index (χ2v) is 5.31. The molecule has 2 aromatic rings. The quantitative estimate of drug-likeness (QED) is 0.846. The summed E-state index contributed by atoms with van der Waals surface area (Å²) in [6.07, 6.45) is 2.07. The minimum Gasteiger partial charge on any atom is -0.397 e. The van der Waals surface area contributed by atoms with Crippen LogP contribution >= 0.6 is 22.9 Å². The molecule has 7 heteroatoms. The Morgan fingerprint density at radius 1 is 1.58 bits per heavy atom. The molecular weight excluding hydrogens is 284 g/mol. The standard InChI is InChI=1S/C12H13ClN4OS/c1-7-6-19-11(17-7)2-3-15-12(18)8-4-10(13)16-5-9(8)14/h4-6H,2-3,14H2,1H3,(H,15,18). The lowest BCUT2D eigenvalue weighted by atomic mass is 10.2. The maximum absolute atomic E-state index is 11.9. The summed E-state index contributed by atoms with van der Waals surface area (Å²) in [5.41, 5.74) is 7.34. The van der Waals surface area contributed by atoms with E-state index in [4.69, 9.17) is 17.3 Å². The first-order valence-electron chi connectivity index (χ1n) is 5.66. The first kappa shape index (κ1) is 13.8. The molecule has 19 heavy (non-hydrogen) atoms. The van der Waals surface area contributed by atoms with Crippen LogP contribution < -0.4 is 11.1 Å². The fraction of sp³-hybridized carbons (Fsp3) is 0.250. The number of carbonyl (C=O) groups excluding carboxylic acids is 1. The van der Waals surface area contributed by atoms with E-state index in [-0.39, 0.29) is 11.1 Å². The monoisotopic (exact) mass is 296 g/mol. The van der Waals surface area contributed by atoms with E-state index in [0.717, 1.165) is 10.7 Å². The Morgan fingerprint density at radius 3 is 3.05 bits per heavy atom. The van der Waals surface area contributed by atoms with Crippen molar-refractivity contribution in [3.8, 4) is 0 Å². The minimum absolute atomic E-state index is 0.245. The predicted octanol–water partition coefficient (Wildman–Crippen LogP) is 2.05. The molecule has 5 nitrogen and oxygen atoms in total. The average molecular weight is 297 g/mol. The van der Waals surface area contributed by atoms with Crippen LogP contribution in [0.25, 0.3) is 0 Å². The summed E-state index contributed by atoms with van der Waals surface area (Å²) in [6.45, 7) is 2.45. The van der Waals surface area contributed by atoms with Gasteiger partial charge >= 0.3 is 0 Å². The molecule has 0 saturated heterocycles. The van der Waals surface area contributed by atoms with Gasteiger partial charge < -0.3 is 11.1 Å². The van der Waals surface area contributed by atoms with Crippen LogP contribution in [0.15, 0.2) is 17.6 Å². The minimum atomic E-state index is -0.255. The molecule has 2 heterocycles. The third kappa shape index (κ3) is 3.65. The Balaban J connectivity index is 1.92. The number of rotatable bonds is 4. The second-order valence-electron chi connectivity index (χ2n) is 3.98. The first-order valence-corrected chi connectivity index (χ1v) is 6.92. The van der Waals surface area contributed by atoms with Crippen LogP contribution in [0.1, 0.15) is 21.1 Å². The Kier molecular flexibility index (Phi) is 4.34. The van der Waals surface area contributed by atoms with E-state index in [9.17, 15) is 4.79 Å². The van der Waals surface area contributed by atoms with Crippen molar-refractivity contribution in [1.29, 1.82) is 0 Å². The maximum Gasteiger partial charge on any atom is 0.253 e. The van der Waals surface area contributed by atoms with Gasteiger partial charge in [-0.15, -0.1) is 11.3 Å².